The second-order valence-electron chi connectivity index (χ2n) is 4.62. The van der Waals surface area contributed by atoms with Crippen molar-refractivity contribution >= 4 is 11.6 Å². The van der Waals surface area contributed by atoms with Crippen LogP contribution in [0, 0.1) is 10.1 Å². The van der Waals surface area contributed by atoms with E-state index in [1.165, 1.54) is 12.3 Å². The van der Waals surface area contributed by atoms with E-state index in [1.54, 1.807) is 19.1 Å². The molecule has 21 heavy (non-hydrogen) atoms. The summed E-state index contributed by atoms with van der Waals surface area (Å²) in [5.41, 5.74) is -0.526. The second kappa shape index (κ2) is 6.08. The molecule has 2 rings (SSSR count). The van der Waals surface area contributed by atoms with Crippen LogP contribution in [0.25, 0.3) is 0 Å². The molecular formula is C14H14N2O5. The lowest BCUT2D eigenvalue weighted by Gasteiger charge is -2.12. The minimum atomic E-state index is -0.661. The third kappa shape index (κ3) is 3.59. The topological polar surface area (TPSA) is 106 Å². The highest BCUT2D eigenvalue weighted by atomic mass is 16.6. The smallest absolute Gasteiger partial charge is 0.282 e. The number of nitrogens with one attached hydrogen (secondary N) is 1. The highest BCUT2D eigenvalue weighted by molar-refractivity contribution is 5.98. The van der Waals surface area contributed by atoms with Crippen molar-refractivity contribution < 1.29 is 19.2 Å². The first-order valence-corrected chi connectivity index (χ1v) is 6.28. The van der Waals surface area contributed by atoms with Gasteiger partial charge < -0.3 is 14.8 Å². The zero-order valence-corrected chi connectivity index (χ0v) is 11.3. The molecule has 0 aliphatic heterocycles. The fourth-order valence-corrected chi connectivity index (χ4v) is 1.95. The number of nitro groups is 1. The van der Waals surface area contributed by atoms with Gasteiger partial charge >= 0.3 is 0 Å². The maximum Gasteiger partial charge on any atom is 0.282 e. The Bertz CT molecular complexity index is 651. The number of benzene rings is 1. The van der Waals surface area contributed by atoms with Crippen LogP contribution in [0.3, 0.4) is 0 Å². The second-order valence-corrected chi connectivity index (χ2v) is 4.62. The van der Waals surface area contributed by atoms with Crippen molar-refractivity contribution in [2.45, 2.75) is 19.4 Å². The lowest BCUT2D eigenvalue weighted by atomic mass is 10.1. The first-order chi connectivity index (χ1) is 9.97. The lowest BCUT2D eigenvalue weighted by Crippen LogP contribution is -2.34. The normalized spacial score (nSPS) is 11.9. The maximum absolute atomic E-state index is 12.1. The zero-order valence-electron chi connectivity index (χ0n) is 11.3. The summed E-state index contributed by atoms with van der Waals surface area (Å²) in [5.74, 6) is -0.116. The highest BCUT2D eigenvalue weighted by Gasteiger charge is 2.22. The molecule has 0 aliphatic carbocycles. The number of furan rings is 1. The molecule has 2 aromatic rings. The van der Waals surface area contributed by atoms with Crippen LogP contribution in [-0.2, 0) is 6.42 Å². The van der Waals surface area contributed by atoms with Crippen LogP contribution in [0.5, 0.6) is 5.75 Å². The van der Waals surface area contributed by atoms with Gasteiger partial charge in [0.1, 0.15) is 17.1 Å². The molecule has 7 heteroatoms. The summed E-state index contributed by atoms with van der Waals surface area (Å²) in [6.07, 6.45) is 2.00. The Labute approximate surface area is 120 Å². The summed E-state index contributed by atoms with van der Waals surface area (Å²) in [6, 6.07) is 6.59. The molecule has 2 N–H and O–H groups in total. The van der Waals surface area contributed by atoms with Crippen LogP contribution < -0.4 is 5.32 Å². The molecule has 0 saturated heterocycles. The largest absolute Gasteiger partial charge is 0.508 e. The van der Waals surface area contributed by atoms with Gasteiger partial charge in [0.15, 0.2) is 0 Å². The minimum Gasteiger partial charge on any atom is -0.508 e. The molecule has 1 amide bonds. The summed E-state index contributed by atoms with van der Waals surface area (Å²) < 4.78 is 5.17. The standard InChI is InChI=1S/C14H14N2O5/c1-9(7-11-3-2-6-21-11)15-14(18)12-8-10(17)4-5-13(12)16(19)20/h2-6,8-9,17H,7H2,1H3,(H,15,18). The molecule has 1 aromatic heterocycles. The molecule has 7 nitrogen and oxygen atoms in total. The van der Waals surface area contributed by atoms with Crippen LogP contribution >= 0.6 is 0 Å². The number of phenolic OH excluding ortho intramolecular Hbond substituents is 1. The predicted octanol–water partition coefficient (Wildman–Crippen LogP) is 2.25. The first kappa shape index (κ1) is 14.6. The van der Waals surface area contributed by atoms with E-state index in [9.17, 15) is 20.0 Å². The zero-order chi connectivity index (χ0) is 15.4. The number of nitro benzene ring substituents is 1. The van der Waals surface area contributed by atoms with E-state index < -0.39 is 10.8 Å². The average molecular weight is 290 g/mol. The molecule has 0 bridgehead atoms. The summed E-state index contributed by atoms with van der Waals surface area (Å²) in [4.78, 5) is 22.4. The third-order valence-corrected chi connectivity index (χ3v) is 2.89. The summed E-state index contributed by atoms with van der Waals surface area (Å²) in [5, 5.41) is 22.9. The van der Waals surface area contributed by atoms with E-state index in [0.29, 0.717) is 12.2 Å². The fraction of sp³-hybridized carbons (Fsp3) is 0.214. The molecule has 110 valence electrons. The van der Waals surface area contributed by atoms with Gasteiger partial charge in [0.25, 0.3) is 11.6 Å². The lowest BCUT2D eigenvalue weighted by molar-refractivity contribution is -0.385. The molecule has 1 atom stereocenters. The fourth-order valence-electron chi connectivity index (χ4n) is 1.95. The quantitative estimate of drug-likeness (QED) is 0.649. The van der Waals surface area contributed by atoms with Gasteiger partial charge in [-0.05, 0) is 31.2 Å². The molecule has 0 aliphatic rings. The van der Waals surface area contributed by atoms with E-state index >= 15 is 0 Å². The summed E-state index contributed by atoms with van der Waals surface area (Å²) in [6.45, 7) is 1.76. The van der Waals surface area contributed by atoms with Crippen molar-refractivity contribution in [3.05, 3.63) is 58.0 Å². The number of carbonyl (C=O) groups excluding carboxylic acids is 1. The average Bonchev–Trinajstić information content (AvgIpc) is 2.90. The molecule has 1 unspecified atom stereocenters. The SMILES string of the molecule is CC(Cc1ccco1)NC(=O)c1cc(O)ccc1[N+](=O)[O-]. The molecule has 1 aromatic carbocycles. The number of phenols is 1. The Morgan fingerprint density at radius 1 is 1.48 bits per heavy atom. The summed E-state index contributed by atoms with van der Waals surface area (Å²) in [7, 11) is 0. The Hall–Kier alpha value is -2.83. The number of aromatic hydroxyl groups is 1. The third-order valence-electron chi connectivity index (χ3n) is 2.89. The minimum absolute atomic E-state index is 0.175. The van der Waals surface area contributed by atoms with Crippen LogP contribution in [0.4, 0.5) is 5.69 Å². The monoisotopic (exact) mass is 290 g/mol. The van der Waals surface area contributed by atoms with Gasteiger partial charge in [0.2, 0.25) is 0 Å². The van der Waals surface area contributed by atoms with Crippen LogP contribution in [-0.4, -0.2) is 22.0 Å². The van der Waals surface area contributed by atoms with E-state index in [0.717, 1.165) is 12.1 Å². The number of carbonyl (C=O) groups is 1. The van der Waals surface area contributed by atoms with Crippen LogP contribution in [0.1, 0.15) is 23.0 Å². The molecule has 0 spiro atoms. The van der Waals surface area contributed by atoms with Crippen molar-refractivity contribution in [1.29, 1.82) is 0 Å². The van der Waals surface area contributed by atoms with Crippen LogP contribution in [0.15, 0.2) is 41.0 Å². The maximum atomic E-state index is 12.1. The Balaban J connectivity index is 2.12. The van der Waals surface area contributed by atoms with Gasteiger partial charge in [-0.2, -0.15) is 0 Å². The van der Waals surface area contributed by atoms with Crippen LogP contribution in [0.2, 0.25) is 0 Å². The Kier molecular flexibility index (Phi) is 4.22. The number of hydrogen-bond donors (Lipinski definition) is 2. The molecule has 0 saturated carbocycles. The van der Waals surface area contributed by atoms with Gasteiger partial charge in [0.05, 0.1) is 11.2 Å². The van der Waals surface area contributed by atoms with Gasteiger partial charge in [-0.15, -0.1) is 0 Å². The number of hydrogen-bond acceptors (Lipinski definition) is 5. The molecular weight excluding hydrogens is 276 g/mol. The number of amides is 1. The van der Waals surface area contributed by atoms with Crippen molar-refractivity contribution in [1.82, 2.24) is 5.32 Å². The Morgan fingerprint density at radius 3 is 2.86 bits per heavy atom. The van der Waals surface area contributed by atoms with Gasteiger partial charge in [0, 0.05) is 18.5 Å². The van der Waals surface area contributed by atoms with Crippen molar-refractivity contribution in [3.63, 3.8) is 0 Å². The van der Waals surface area contributed by atoms with Gasteiger partial charge in [-0.1, -0.05) is 0 Å². The highest BCUT2D eigenvalue weighted by Crippen LogP contribution is 2.23. The van der Waals surface area contributed by atoms with E-state index in [2.05, 4.69) is 5.32 Å². The van der Waals surface area contributed by atoms with Crippen molar-refractivity contribution in [2.24, 2.45) is 0 Å². The molecule has 0 fully saturated rings. The van der Waals surface area contributed by atoms with Crippen molar-refractivity contribution in [2.75, 3.05) is 0 Å². The number of nitrogens with zero attached hydrogens (tertiary/aromatic N) is 1. The van der Waals surface area contributed by atoms with E-state index in [4.69, 9.17) is 4.42 Å². The molecule has 1 heterocycles. The van der Waals surface area contributed by atoms with E-state index in [-0.39, 0.29) is 23.0 Å². The van der Waals surface area contributed by atoms with Crippen molar-refractivity contribution in [3.8, 4) is 5.75 Å². The Morgan fingerprint density at radius 2 is 2.24 bits per heavy atom. The summed E-state index contributed by atoms with van der Waals surface area (Å²) >= 11 is 0. The number of rotatable bonds is 5. The van der Waals surface area contributed by atoms with Gasteiger partial charge in [-0.3, -0.25) is 14.9 Å². The van der Waals surface area contributed by atoms with Gasteiger partial charge in [-0.25, -0.2) is 0 Å². The van der Waals surface area contributed by atoms with E-state index in [1.807, 2.05) is 0 Å². The molecule has 0 radical (unpaired) electrons. The first-order valence-electron chi connectivity index (χ1n) is 6.28. The predicted molar refractivity (Wildman–Crippen MR) is 74.1 cm³/mol.